The molecule has 3 rings (SSSR count). The van der Waals surface area contributed by atoms with Crippen molar-refractivity contribution in [3.63, 3.8) is 0 Å². The zero-order chi connectivity index (χ0) is 13.3. The Bertz CT molecular complexity index is 441. The van der Waals surface area contributed by atoms with Crippen molar-refractivity contribution >= 4 is 0 Å². The maximum Gasteiger partial charge on any atom is 0.0552 e. The smallest absolute Gasteiger partial charge is 0.0552 e. The summed E-state index contributed by atoms with van der Waals surface area (Å²) in [6.45, 7) is 7.64. The van der Waals surface area contributed by atoms with Gasteiger partial charge in [-0.25, -0.2) is 0 Å². The molecule has 0 saturated carbocycles. The van der Waals surface area contributed by atoms with Gasteiger partial charge in [-0.3, -0.25) is 0 Å². The molecule has 19 heavy (non-hydrogen) atoms. The monoisotopic (exact) mass is 259 g/mol. The van der Waals surface area contributed by atoms with Crippen LogP contribution in [-0.4, -0.2) is 25.8 Å². The summed E-state index contributed by atoms with van der Waals surface area (Å²) in [5.41, 5.74) is 3.34. The van der Waals surface area contributed by atoms with Gasteiger partial charge < -0.3 is 10.1 Å². The minimum atomic E-state index is 0.416. The topological polar surface area (TPSA) is 21.3 Å². The third-order valence-corrected chi connectivity index (χ3v) is 5.03. The van der Waals surface area contributed by atoms with Crippen molar-refractivity contribution in [3.8, 4) is 0 Å². The van der Waals surface area contributed by atoms with Gasteiger partial charge in [-0.15, -0.1) is 0 Å². The molecule has 2 heterocycles. The molecule has 0 aromatic heterocycles. The SMILES string of the molecule is Cc1cccc(C2CNCCC23CCOC(C)C3)c1. The minimum Gasteiger partial charge on any atom is -0.378 e. The van der Waals surface area contributed by atoms with Crippen molar-refractivity contribution < 1.29 is 4.74 Å². The molecule has 104 valence electrons. The molecule has 1 spiro atoms. The van der Waals surface area contributed by atoms with E-state index in [0.717, 1.165) is 19.7 Å². The Hall–Kier alpha value is -0.860. The summed E-state index contributed by atoms with van der Waals surface area (Å²) in [6, 6.07) is 9.08. The van der Waals surface area contributed by atoms with Crippen LogP contribution in [0.2, 0.25) is 0 Å². The Kier molecular flexibility index (Phi) is 3.64. The summed E-state index contributed by atoms with van der Waals surface area (Å²) in [6.07, 6.45) is 4.14. The van der Waals surface area contributed by atoms with E-state index >= 15 is 0 Å². The molecule has 3 unspecified atom stereocenters. The van der Waals surface area contributed by atoms with E-state index in [0.29, 0.717) is 17.4 Å². The third kappa shape index (κ3) is 2.56. The van der Waals surface area contributed by atoms with Crippen molar-refractivity contribution in [1.29, 1.82) is 0 Å². The van der Waals surface area contributed by atoms with E-state index in [9.17, 15) is 0 Å². The lowest BCUT2D eigenvalue weighted by Crippen LogP contribution is -2.48. The van der Waals surface area contributed by atoms with Gasteiger partial charge in [0, 0.05) is 19.1 Å². The Balaban J connectivity index is 1.92. The van der Waals surface area contributed by atoms with Gasteiger partial charge in [-0.05, 0) is 50.6 Å². The van der Waals surface area contributed by atoms with Crippen LogP contribution in [0.5, 0.6) is 0 Å². The van der Waals surface area contributed by atoms with Gasteiger partial charge in [0.2, 0.25) is 0 Å². The molecule has 2 fully saturated rings. The van der Waals surface area contributed by atoms with Crippen LogP contribution in [0.25, 0.3) is 0 Å². The summed E-state index contributed by atoms with van der Waals surface area (Å²) in [5, 5.41) is 3.60. The van der Waals surface area contributed by atoms with E-state index < -0.39 is 0 Å². The summed E-state index contributed by atoms with van der Waals surface area (Å²) in [5.74, 6) is 0.646. The second-order valence-electron chi connectivity index (χ2n) is 6.42. The Morgan fingerprint density at radius 3 is 3.00 bits per heavy atom. The normalized spacial score (nSPS) is 35.5. The maximum absolute atomic E-state index is 5.79. The fourth-order valence-electron chi connectivity index (χ4n) is 4.07. The van der Waals surface area contributed by atoms with E-state index in [1.807, 2.05) is 0 Å². The zero-order valence-corrected chi connectivity index (χ0v) is 12.1. The molecule has 1 N–H and O–H groups in total. The molecule has 2 nitrogen and oxygen atoms in total. The van der Waals surface area contributed by atoms with E-state index in [-0.39, 0.29) is 0 Å². The first-order valence-electron chi connectivity index (χ1n) is 7.58. The summed E-state index contributed by atoms with van der Waals surface area (Å²) in [4.78, 5) is 0. The highest BCUT2D eigenvalue weighted by Gasteiger charge is 2.44. The lowest BCUT2D eigenvalue weighted by molar-refractivity contribution is -0.0596. The predicted molar refractivity (Wildman–Crippen MR) is 78.5 cm³/mol. The van der Waals surface area contributed by atoms with Gasteiger partial charge in [0.05, 0.1) is 6.10 Å². The Morgan fingerprint density at radius 1 is 1.32 bits per heavy atom. The van der Waals surface area contributed by atoms with Gasteiger partial charge in [-0.1, -0.05) is 29.8 Å². The summed E-state index contributed by atoms with van der Waals surface area (Å²) < 4.78 is 5.79. The van der Waals surface area contributed by atoms with Crippen LogP contribution >= 0.6 is 0 Å². The van der Waals surface area contributed by atoms with E-state index in [2.05, 4.69) is 43.4 Å². The second-order valence-corrected chi connectivity index (χ2v) is 6.42. The van der Waals surface area contributed by atoms with Crippen LogP contribution in [0.15, 0.2) is 24.3 Å². The van der Waals surface area contributed by atoms with Crippen LogP contribution in [0.1, 0.15) is 43.2 Å². The van der Waals surface area contributed by atoms with E-state index in [4.69, 9.17) is 4.74 Å². The number of hydrogen-bond acceptors (Lipinski definition) is 2. The van der Waals surface area contributed by atoms with Crippen molar-refractivity contribution in [2.75, 3.05) is 19.7 Å². The highest BCUT2D eigenvalue weighted by Crippen LogP contribution is 2.49. The molecule has 2 aliphatic rings. The van der Waals surface area contributed by atoms with E-state index in [1.54, 1.807) is 0 Å². The number of ether oxygens (including phenoxy) is 1. The standard InChI is InChI=1S/C17H25NO/c1-13-4-3-5-15(10-13)16-12-18-8-6-17(16)7-9-19-14(2)11-17/h3-5,10,14,16,18H,6-9,11-12H2,1-2H3. The van der Waals surface area contributed by atoms with Crippen molar-refractivity contribution in [2.24, 2.45) is 5.41 Å². The number of nitrogens with one attached hydrogen (secondary N) is 1. The lowest BCUT2D eigenvalue weighted by Gasteiger charge is -2.49. The first-order chi connectivity index (χ1) is 9.20. The fourth-order valence-corrected chi connectivity index (χ4v) is 4.07. The van der Waals surface area contributed by atoms with Crippen LogP contribution in [0, 0.1) is 12.3 Å². The summed E-state index contributed by atoms with van der Waals surface area (Å²) in [7, 11) is 0. The van der Waals surface area contributed by atoms with Crippen LogP contribution < -0.4 is 5.32 Å². The number of benzene rings is 1. The molecule has 0 aliphatic carbocycles. The molecule has 0 bridgehead atoms. The molecule has 2 aliphatic heterocycles. The van der Waals surface area contributed by atoms with Gasteiger partial charge in [-0.2, -0.15) is 0 Å². The van der Waals surface area contributed by atoms with Gasteiger partial charge >= 0.3 is 0 Å². The fraction of sp³-hybridized carbons (Fsp3) is 0.647. The van der Waals surface area contributed by atoms with Gasteiger partial charge in [0.1, 0.15) is 0 Å². The maximum atomic E-state index is 5.79. The first-order valence-corrected chi connectivity index (χ1v) is 7.58. The van der Waals surface area contributed by atoms with Crippen LogP contribution in [0.3, 0.4) is 0 Å². The van der Waals surface area contributed by atoms with E-state index in [1.165, 1.54) is 30.4 Å². The zero-order valence-electron chi connectivity index (χ0n) is 12.1. The quantitative estimate of drug-likeness (QED) is 0.836. The van der Waals surface area contributed by atoms with Crippen LogP contribution in [-0.2, 0) is 4.74 Å². The van der Waals surface area contributed by atoms with Gasteiger partial charge in [0.25, 0.3) is 0 Å². The number of aryl methyl sites for hydroxylation is 1. The molecule has 0 amide bonds. The minimum absolute atomic E-state index is 0.416. The molecule has 2 saturated heterocycles. The molecular weight excluding hydrogens is 234 g/mol. The van der Waals surface area contributed by atoms with Crippen molar-refractivity contribution in [3.05, 3.63) is 35.4 Å². The average Bonchev–Trinajstić information content (AvgIpc) is 2.39. The third-order valence-electron chi connectivity index (χ3n) is 5.03. The number of rotatable bonds is 1. The average molecular weight is 259 g/mol. The van der Waals surface area contributed by atoms with Crippen molar-refractivity contribution in [2.45, 2.75) is 45.1 Å². The summed E-state index contributed by atoms with van der Waals surface area (Å²) >= 11 is 0. The molecule has 2 heteroatoms. The van der Waals surface area contributed by atoms with Gasteiger partial charge in [0.15, 0.2) is 0 Å². The molecular formula is C17H25NO. The number of hydrogen-bond donors (Lipinski definition) is 1. The first kappa shape index (κ1) is 13.1. The highest BCUT2D eigenvalue weighted by molar-refractivity contribution is 5.28. The Morgan fingerprint density at radius 2 is 2.21 bits per heavy atom. The lowest BCUT2D eigenvalue weighted by atomic mass is 9.62. The molecule has 0 radical (unpaired) electrons. The number of piperidine rings is 1. The molecule has 1 aromatic carbocycles. The second kappa shape index (κ2) is 5.26. The predicted octanol–water partition coefficient (Wildman–Crippen LogP) is 3.26. The Labute approximate surface area is 116 Å². The largest absolute Gasteiger partial charge is 0.378 e. The molecule has 3 atom stereocenters. The molecule has 1 aromatic rings. The highest BCUT2D eigenvalue weighted by atomic mass is 16.5. The van der Waals surface area contributed by atoms with Crippen LogP contribution in [0.4, 0.5) is 0 Å². The van der Waals surface area contributed by atoms with Crippen molar-refractivity contribution in [1.82, 2.24) is 5.32 Å².